The molecule has 5 heteroatoms. The van der Waals surface area contributed by atoms with E-state index in [0.29, 0.717) is 0 Å². The maximum atomic E-state index is 11.5. The minimum atomic E-state index is -0.285. The summed E-state index contributed by atoms with van der Waals surface area (Å²) >= 11 is 0. The van der Waals surface area contributed by atoms with E-state index in [1.807, 2.05) is 6.92 Å². The van der Waals surface area contributed by atoms with E-state index >= 15 is 0 Å². The average Bonchev–Trinajstić information content (AvgIpc) is 2.72. The van der Waals surface area contributed by atoms with Gasteiger partial charge in [0.15, 0.2) is 0 Å². The first kappa shape index (κ1) is 15.7. The smallest absolute Gasteiger partial charge is 0.249 e. The Morgan fingerprint density at radius 1 is 1.62 bits per heavy atom. The first-order valence-corrected chi connectivity index (χ1v) is 5.79. The molecule has 1 fully saturated rings. The van der Waals surface area contributed by atoms with Crippen molar-refractivity contribution in [2.24, 2.45) is 5.92 Å². The lowest BCUT2D eigenvalue weighted by molar-refractivity contribution is -0.131. The summed E-state index contributed by atoms with van der Waals surface area (Å²) in [7, 11) is 1.58. The van der Waals surface area contributed by atoms with Crippen LogP contribution in [0.2, 0.25) is 0 Å². The quantitative estimate of drug-likeness (QED) is 0.738. The van der Waals surface area contributed by atoms with E-state index in [-0.39, 0.29) is 24.4 Å². The molecule has 1 rings (SSSR count). The summed E-state index contributed by atoms with van der Waals surface area (Å²) in [4.78, 5) is 11.5. The first-order valence-electron chi connectivity index (χ1n) is 5.79. The van der Waals surface area contributed by atoms with Gasteiger partial charge in [-0.25, -0.2) is 0 Å². The van der Waals surface area contributed by atoms with Gasteiger partial charge in [0.2, 0.25) is 5.91 Å². The fourth-order valence-corrected chi connectivity index (χ4v) is 1.93. The predicted octanol–water partition coefficient (Wildman–Crippen LogP) is 0.949. The SMILES string of the molecule is CCC(OC)C(=O)NCCC1CCNC1.Cl. The summed E-state index contributed by atoms with van der Waals surface area (Å²) in [5, 5.41) is 6.24. The fourth-order valence-electron chi connectivity index (χ4n) is 1.93. The minimum Gasteiger partial charge on any atom is -0.372 e. The van der Waals surface area contributed by atoms with Crippen LogP contribution in [0.4, 0.5) is 0 Å². The summed E-state index contributed by atoms with van der Waals surface area (Å²) < 4.78 is 5.06. The van der Waals surface area contributed by atoms with Crippen LogP contribution in [0.1, 0.15) is 26.2 Å². The minimum absolute atomic E-state index is 0. The van der Waals surface area contributed by atoms with Crippen molar-refractivity contribution < 1.29 is 9.53 Å². The van der Waals surface area contributed by atoms with Gasteiger partial charge in [-0.05, 0) is 38.3 Å². The molecule has 0 spiro atoms. The first-order chi connectivity index (χ1) is 7.27. The highest BCUT2D eigenvalue weighted by Crippen LogP contribution is 2.10. The Morgan fingerprint density at radius 3 is 2.88 bits per heavy atom. The molecule has 1 aliphatic rings. The molecule has 0 radical (unpaired) electrons. The number of hydrogen-bond acceptors (Lipinski definition) is 3. The molecule has 0 aliphatic carbocycles. The molecule has 1 amide bonds. The molecule has 4 nitrogen and oxygen atoms in total. The lowest BCUT2D eigenvalue weighted by Crippen LogP contribution is -2.36. The molecule has 0 aromatic rings. The van der Waals surface area contributed by atoms with Gasteiger partial charge in [-0.1, -0.05) is 6.92 Å². The molecule has 1 aliphatic heterocycles. The Kier molecular flexibility index (Phi) is 8.61. The van der Waals surface area contributed by atoms with Gasteiger partial charge in [0.05, 0.1) is 0 Å². The summed E-state index contributed by atoms with van der Waals surface area (Å²) in [6.07, 6.45) is 2.75. The van der Waals surface area contributed by atoms with Crippen LogP contribution >= 0.6 is 12.4 Å². The molecule has 2 atom stereocenters. The molecule has 0 aromatic carbocycles. The van der Waals surface area contributed by atoms with Crippen LogP contribution in [0.15, 0.2) is 0 Å². The number of rotatable bonds is 6. The van der Waals surface area contributed by atoms with Gasteiger partial charge in [-0.3, -0.25) is 4.79 Å². The van der Waals surface area contributed by atoms with E-state index in [1.54, 1.807) is 7.11 Å². The van der Waals surface area contributed by atoms with E-state index in [2.05, 4.69) is 10.6 Å². The number of carbonyl (C=O) groups excluding carboxylic acids is 1. The Morgan fingerprint density at radius 2 is 2.38 bits per heavy atom. The van der Waals surface area contributed by atoms with Crippen molar-refractivity contribution in [3.63, 3.8) is 0 Å². The van der Waals surface area contributed by atoms with E-state index in [4.69, 9.17) is 4.74 Å². The number of amides is 1. The summed E-state index contributed by atoms with van der Waals surface area (Å²) in [6, 6.07) is 0. The zero-order valence-electron chi connectivity index (χ0n) is 10.1. The Balaban J connectivity index is 0.00000225. The molecule has 16 heavy (non-hydrogen) atoms. The van der Waals surface area contributed by atoms with E-state index in [0.717, 1.165) is 38.4 Å². The highest BCUT2D eigenvalue weighted by molar-refractivity contribution is 5.85. The lowest BCUT2D eigenvalue weighted by Gasteiger charge is -2.14. The van der Waals surface area contributed by atoms with Crippen LogP contribution in [-0.4, -0.2) is 38.8 Å². The third-order valence-electron chi connectivity index (χ3n) is 2.96. The number of nitrogens with one attached hydrogen (secondary N) is 2. The van der Waals surface area contributed by atoms with Crippen LogP contribution in [0.25, 0.3) is 0 Å². The fraction of sp³-hybridized carbons (Fsp3) is 0.909. The van der Waals surface area contributed by atoms with Crippen molar-refractivity contribution in [2.75, 3.05) is 26.7 Å². The second-order valence-electron chi connectivity index (χ2n) is 4.07. The molecule has 2 N–H and O–H groups in total. The standard InChI is InChI=1S/C11H22N2O2.ClH/c1-3-10(15-2)11(14)13-7-5-9-4-6-12-8-9;/h9-10,12H,3-8H2,1-2H3,(H,13,14);1H. The largest absolute Gasteiger partial charge is 0.372 e. The van der Waals surface area contributed by atoms with Crippen molar-refractivity contribution >= 4 is 18.3 Å². The van der Waals surface area contributed by atoms with Crippen LogP contribution in [-0.2, 0) is 9.53 Å². The Labute approximate surface area is 104 Å². The third-order valence-corrected chi connectivity index (χ3v) is 2.96. The lowest BCUT2D eigenvalue weighted by atomic mass is 10.1. The van der Waals surface area contributed by atoms with Crippen molar-refractivity contribution in [1.82, 2.24) is 10.6 Å². The molecule has 1 saturated heterocycles. The summed E-state index contributed by atoms with van der Waals surface area (Å²) in [5.74, 6) is 0.749. The van der Waals surface area contributed by atoms with Gasteiger partial charge >= 0.3 is 0 Å². The zero-order valence-corrected chi connectivity index (χ0v) is 10.9. The van der Waals surface area contributed by atoms with Gasteiger partial charge in [0.1, 0.15) is 6.10 Å². The molecule has 1 heterocycles. The van der Waals surface area contributed by atoms with Crippen LogP contribution in [0, 0.1) is 5.92 Å². The third kappa shape index (κ3) is 5.14. The average molecular weight is 251 g/mol. The van der Waals surface area contributed by atoms with Crippen LogP contribution in [0.3, 0.4) is 0 Å². The normalized spacial score (nSPS) is 21.2. The molecule has 0 bridgehead atoms. The summed E-state index contributed by atoms with van der Waals surface area (Å²) in [5.41, 5.74) is 0. The van der Waals surface area contributed by atoms with Crippen molar-refractivity contribution in [3.8, 4) is 0 Å². The van der Waals surface area contributed by atoms with Crippen LogP contribution in [0.5, 0.6) is 0 Å². The van der Waals surface area contributed by atoms with E-state index < -0.39 is 0 Å². The van der Waals surface area contributed by atoms with Crippen LogP contribution < -0.4 is 10.6 Å². The molecular weight excluding hydrogens is 228 g/mol. The van der Waals surface area contributed by atoms with Crippen molar-refractivity contribution in [1.29, 1.82) is 0 Å². The molecular formula is C11H23ClN2O2. The Bertz CT molecular complexity index is 192. The second-order valence-corrected chi connectivity index (χ2v) is 4.07. The van der Waals surface area contributed by atoms with Gasteiger partial charge in [-0.15, -0.1) is 12.4 Å². The van der Waals surface area contributed by atoms with Gasteiger partial charge in [0.25, 0.3) is 0 Å². The highest BCUT2D eigenvalue weighted by atomic mass is 35.5. The molecule has 0 saturated carbocycles. The molecule has 0 aromatic heterocycles. The molecule has 96 valence electrons. The van der Waals surface area contributed by atoms with E-state index in [9.17, 15) is 4.79 Å². The second kappa shape index (κ2) is 8.79. The number of carbonyl (C=O) groups is 1. The van der Waals surface area contributed by atoms with Gasteiger partial charge in [-0.2, -0.15) is 0 Å². The van der Waals surface area contributed by atoms with Gasteiger partial charge < -0.3 is 15.4 Å². The zero-order chi connectivity index (χ0) is 11.1. The number of hydrogen-bond donors (Lipinski definition) is 2. The van der Waals surface area contributed by atoms with E-state index in [1.165, 1.54) is 6.42 Å². The Hall–Kier alpha value is -0.320. The molecule has 2 unspecified atom stereocenters. The number of methoxy groups -OCH3 is 1. The van der Waals surface area contributed by atoms with Crippen molar-refractivity contribution in [3.05, 3.63) is 0 Å². The maximum absolute atomic E-state index is 11.5. The highest BCUT2D eigenvalue weighted by Gasteiger charge is 2.17. The monoisotopic (exact) mass is 250 g/mol. The predicted molar refractivity (Wildman–Crippen MR) is 66.9 cm³/mol. The maximum Gasteiger partial charge on any atom is 0.249 e. The number of halogens is 1. The van der Waals surface area contributed by atoms with Crippen molar-refractivity contribution in [2.45, 2.75) is 32.3 Å². The van der Waals surface area contributed by atoms with Gasteiger partial charge in [0, 0.05) is 13.7 Å². The number of ether oxygens (including phenoxy) is 1. The summed E-state index contributed by atoms with van der Waals surface area (Å²) in [6.45, 7) is 4.94. The topological polar surface area (TPSA) is 50.4 Å².